The molecule has 1 aliphatic heterocycles. The number of ether oxygens (including phenoxy) is 3. The smallest absolute Gasteiger partial charge is 0.133 e. The Hall–Kier alpha value is -1.79. The summed E-state index contributed by atoms with van der Waals surface area (Å²) >= 11 is 0. The van der Waals surface area contributed by atoms with Crippen molar-refractivity contribution in [3.8, 4) is 17.2 Å². The van der Waals surface area contributed by atoms with Crippen molar-refractivity contribution in [1.29, 1.82) is 0 Å². The van der Waals surface area contributed by atoms with Gasteiger partial charge in [0.15, 0.2) is 0 Å². The number of hydrogen-bond donors (Lipinski definition) is 0. The normalized spacial score (nSPS) is 16.3. The molecule has 1 aromatic carbocycles. The second-order valence-corrected chi connectivity index (χ2v) is 5.25. The fraction of sp³-hybridized carbons (Fsp3) is 0.562. The molecule has 0 saturated carbocycles. The van der Waals surface area contributed by atoms with E-state index in [1.807, 2.05) is 12.1 Å². The summed E-state index contributed by atoms with van der Waals surface area (Å²) in [5, 5.41) is 0. The van der Waals surface area contributed by atoms with Gasteiger partial charge in [-0.05, 0) is 0 Å². The van der Waals surface area contributed by atoms with Gasteiger partial charge in [-0.3, -0.25) is 9.80 Å². The van der Waals surface area contributed by atoms with Gasteiger partial charge in [0.25, 0.3) is 0 Å². The molecule has 0 bridgehead atoms. The molecule has 0 radical (unpaired) electrons. The standard InChI is InChI=1S/C16H24N2O4/c1-20-13-10-15(21-2)14(16(11-13)22-3)12-18-6-4-17(5-7-18)8-9-19/h9-11H,4-8,12H2,1-3H3. The fourth-order valence-corrected chi connectivity index (χ4v) is 2.69. The second-order valence-electron chi connectivity index (χ2n) is 5.25. The van der Waals surface area contributed by atoms with E-state index in [4.69, 9.17) is 14.2 Å². The topological polar surface area (TPSA) is 51.2 Å². The quantitative estimate of drug-likeness (QED) is 0.701. The lowest BCUT2D eigenvalue weighted by Crippen LogP contribution is -2.46. The Balaban J connectivity index is 2.10. The second kappa shape index (κ2) is 8.00. The van der Waals surface area contributed by atoms with E-state index in [0.717, 1.165) is 56.1 Å². The van der Waals surface area contributed by atoms with Gasteiger partial charge in [-0.2, -0.15) is 0 Å². The minimum absolute atomic E-state index is 0.517. The number of carbonyl (C=O) groups is 1. The third kappa shape index (κ3) is 3.90. The highest BCUT2D eigenvalue weighted by Crippen LogP contribution is 2.35. The molecule has 1 aliphatic rings. The number of methoxy groups -OCH3 is 3. The molecule has 0 N–H and O–H groups in total. The van der Waals surface area contributed by atoms with Crippen molar-refractivity contribution in [1.82, 2.24) is 9.80 Å². The zero-order valence-corrected chi connectivity index (χ0v) is 13.5. The van der Waals surface area contributed by atoms with Crippen LogP contribution >= 0.6 is 0 Å². The van der Waals surface area contributed by atoms with Crippen molar-refractivity contribution in [3.05, 3.63) is 17.7 Å². The molecule has 2 rings (SSSR count). The molecule has 0 unspecified atom stereocenters. The first kappa shape index (κ1) is 16.6. The molecule has 0 aliphatic carbocycles. The highest BCUT2D eigenvalue weighted by atomic mass is 16.5. The molecule has 0 spiro atoms. The summed E-state index contributed by atoms with van der Waals surface area (Å²) in [5.41, 5.74) is 1.02. The van der Waals surface area contributed by atoms with Gasteiger partial charge in [-0.25, -0.2) is 0 Å². The first-order valence-electron chi connectivity index (χ1n) is 7.39. The molecule has 0 aromatic heterocycles. The highest BCUT2D eigenvalue weighted by Gasteiger charge is 2.20. The number of carbonyl (C=O) groups excluding carboxylic acids is 1. The maximum Gasteiger partial charge on any atom is 0.133 e. The zero-order valence-electron chi connectivity index (χ0n) is 13.5. The van der Waals surface area contributed by atoms with E-state index in [9.17, 15) is 4.79 Å². The lowest BCUT2D eigenvalue weighted by Gasteiger charge is -2.34. The van der Waals surface area contributed by atoms with Crippen LogP contribution in [0.25, 0.3) is 0 Å². The summed E-state index contributed by atoms with van der Waals surface area (Å²) in [6.45, 7) is 4.92. The van der Waals surface area contributed by atoms with E-state index in [2.05, 4.69) is 9.80 Å². The summed E-state index contributed by atoms with van der Waals surface area (Å²) in [6, 6.07) is 3.75. The van der Waals surface area contributed by atoms with Crippen LogP contribution in [0.5, 0.6) is 17.2 Å². The van der Waals surface area contributed by atoms with Crippen LogP contribution in [-0.4, -0.2) is 70.1 Å². The molecular weight excluding hydrogens is 284 g/mol. The fourth-order valence-electron chi connectivity index (χ4n) is 2.69. The minimum Gasteiger partial charge on any atom is -0.496 e. The number of benzene rings is 1. The largest absolute Gasteiger partial charge is 0.496 e. The van der Waals surface area contributed by atoms with Gasteiger partial charge >= 0.3 is 0 Å². The molecule has 6 heteroatoms. The highest BCUT2D eigenvalue weighted by molar-refractivity contribution is 5.52. The van der Waals surface area contributed by atoms with Crippen LogP contribution in [0, 0.1) is 0 Å². The van der Waals surface area contributed by atoms with Crippen molar-refractivity contribution >= 4 is 6.29 Å². The molecule has 1 fully saturated rings. The van der Waals surface area contributed by atoms with E-state index in [1.165, 1.54) is 0 Å². The van der Waals surface area contributed by atoms with Crippen LogP contribution in [0.4, 0.5) is 0 Å². The average Bonchev–Trinajstić information content (AvgIpc) is 2.56. The lowest BCUT2D eigenvalue weighted by atomic mass is 10.1. The van der Waals surface area contributed by atoms with Crippen molar-refractivity contribution < 1.29 is 19.0 Å². The molecule has 6 nitrogen and oxygen atoms in total. The summed E-state index contributed by atoms with van der Waals surface area (Å²) in [4.78, 5) is 15.1. The number of nitrogens with zero attached hydrogens (tertiary/aromatic N) is 2. The van der Waals surface area contributed by atoms with Crippen LogP contribution in [0.1, 0.15) is 5.56 Å². The third-order valence-electron chi connectivity index (χ3n) is 4.00. The number of hydrogen-bond acceptors (Lipinski definition) is 6. The molecule has 1 saturated heterocycles. The summed E-state index contributed by atoms with van der Waals surface area (Å²) in [5.74, 6) is 2.26. The van der Waals surface area contributed by atoms with Crippen LogP contribution < -0.4 is 14.2 Å². The van der Waals surface area contributed by atoms with Gasteiger partial charge in [-0.1, -0.05) is 0 Å². The Morgan fingerprint density at radius 3 is 1.95 bits per heavy atom. The number of rotatable bonds is 7. The zero-order chi connectivity index (χ0) is 15.9. The molecular formula is C16H24N2O4. The Bertz CT molecular complexity index is 474. The van der Waals surface area contributed by atoms with E-state index < -0.39 is 0 Å². The van der Waals surface area contributed by atoms with Crippen molar-refractivity contribution in [2.75, 3.05) is 54.1 Å². The Morgan fingerprint density at radius 2 is 1.50 bits per heavy atom. The van der Waals surface area contributed by atoms with Gasteiger partial charge in [-0.15, -0.1) is 0 Å². The third-order valence-corrected chi connectivity index (χ3v) is 4.00. The van der Waals surface area contributed by atoms with Gasteiger partial charge < -0.3 is 19.0 Å². The van der Waals surface area contributed by atoms with Crippen LogP contribution in [0.15, 0.2) is 12.1 Å². The van der Waals surface area contributed by atoms with Gasteiger partial charge in [0.2, 0.25) is 0 Å². The van der Waals surface area contributed by atoms with E-state index in [0.29, 0.717) is 12.3 Å². The van der Waals surface area contributed by atoms with Crippen LogP contribution in [0.3, 0.4) is 0 Å². The number of aldehydes is 1. The van der Waals surface area contributed by atoms with Gasteiger partial charge in [0, 0.05) is 44.9 Å². The minimum atomic E-state index is 0.517. The Kier molecular flexibility index (Phi) is 6.03. The number of piperazine rings is 1. The predicted molar refractivity (Wildman–Crippen MR) is 83.9 cm³/mol. The van der Waals surface area contributed by atoms with Crippen LogP contribution in [-0.2, 0) is 11.3 Å². The maximum atomic E-state index is 10.6. The van der Waals surface area contributed by atoms with Crippen molar-refractivity contribution in [2.24, 2.45) is 0 Å². The molecule has 1 aromatic rings. The van der Waals surface area contributed by atoms with E-state index in [1.54, 1.807) is 21.3 Å². The van der Waals surface area contributed by atoms with E-state index >= 15 is 0 Å². The van der Waals surface area contributed by atoms with E-state index in [-0.39, 0.29) is 0 Å². The van der Waals surface area contributed by atoms with Crippen molar-refractivity contribution in [3.63, 3.8) is 0 Å². The lowest BCUT2D eigenvalue weighted by molar-refractivity contribution is -0.109. The predicted octanol–water partition coefficient (Wildman–Crippen LogP) is 1.03. The van der Waals surface area contributed by atoms with Crippen molar-refractivity contribution in [2.45, 2.75) is 6.54 Å². The van der Waals surface area contributed by atoms with Gasteiger partial charge in [0.05, 0.1) is 33.4 Å². The average molecular weight is 308 g/mol. The summed E-state index contributed by atoms with van der Waals surface area (Å²) in [6.07, 6.45) is 0.963. The van der Waals surface area contributed by atoms with Gasteiger partial charge in [0.1, 0.15) is 23.5 Å². The molecule has 122 valence electrons. The molecule has 1 heterocycles. The Morgan fingerprint density at radius 1 is 0.955 bits per heavy atom. The monoisotopic (exact) mass is 308 g/mol. The summed E-state index contributed by atoms with van der Waals surface area (Å²) in [7, 11) is 4.93. The molecule has 0 atom stereocenters. The maximum absolute atomic E-state index is 10.6. The molecule has 0 amide bonds. The Labute approximate surface area is 131 Å². The molecule has 22 heavy (non-hydrogen) atoms. The first-order chi connectivity index (χ1) is 10.7. The summed E-state index contributed by atoms with van der Waals surface area (Å²) < 4.78 is 16.2. The first-order valence-corrected chi connectivity index (χ1v) is 7.39. The SMILES string of the molecule is COc1cc(OC)c(CN2CCN(CC=O)CC2)c(OC)c1. The van der Waals surface area contributed by atoms with Crippen LogP contribution in [0.2, 0.25) is 0 Å².